The highest BCUT2D eigenvalue weighted by molar-refractivity contribution is 5.88. The Bertz CT molecular complexity index is 721. The number of hydrogen-bond acceptors (Lipinski definition) is 4. The van der Waals surface area contributed by atoms with Gasteiger partial charge in [-0.25, -0.2) is 9.78 Å². The molecular formula is C16H16N2O4. The molecule has 1 aliphatic heterocycles. The van der Waals surface area contributed by atoms with Crippen LogP contribution in [0.1, 0.15) is 22.6 Å². The summed E-state index contributed by atoms with van der Waals surface area (Å²) in [5, 5.41) is 9.35. The number of carbonyl (C=O) groups excluding carboxylic acids is 1. The Labute approximate surface area is 127 Å². The lowest BCUT2D eigenvalue weighted by Crippen LogP contribution is -2.28. The molecule has 114 valence electrons. The van der Waals surface area contributed by atoms with E-state index < -0.39 is 5.97 Å². The fraction of sp³-hybridized carbons (Fsp3) is 0.312. The van der Waals surface area contributed by atoms with Crippen molar-refractivity contribution in [1.29, 1.82) is 0 Å². The predicted octanol–water partition coefficient (Wildman–Crippen LogP) is 1.98. The minimum Gasteiger partial charge on any atom is -0.476 e. The second kappa shape index (κ2) is 5.63. The fourth-order valence-electron chi connectivity index (χ4n) is 2.90. The van der Waals surface area contributed by atoms with Crippen molar-refractivity contribution in [2.45, 2.75) is 19.4 Å². The van der Waals surface area contributed by atoms with Crippen LogP contribution in [0.2, 0.25) is 0 Å². The van der Waals surface area contributed by atoms with Gasteiger partial charge in [-0.2, -0.15) is 0 Å². The number of hydrogen-bond donors (Lipinski definition) is 1. The number of ether oxygens (including phenoxy) is 1. The number of benzene rings is 1. The quantitative estimate of drug-likeness (QED) is 0.877. The van der Waals surface area contributed by atoms with Crippen LogP contribution >= 0.6 is 0 Å². The zero-order valence-corrected chi connectivity index (χ0v) is 12.2. The van der Waals surface area contributed by atoms with E-state index in [1.54, 1.807) is 0 Å². The fourth-order valence-corrected chi connectivity index (χ4v) is 2.90. The Morgan fingerprint density at radius 1 is 1.32 bits per heavy atom. The number of carbonyl (C=O) groups is 2. The molecule has 0 aliphatic carbocycles. The number of esters is 1. The molecule has 3 rings (SSSR count). The van der Waals surface area contributed by atoms with Gasteiger partial charge in [0.15, 0.2) is 5.69 Å². The lowest BCUT2D eigenvalue weighted by molar-refractivity contribution is -0.146. The molecule has 6 nitrogen and oxygen atoms in total. The normalized spacial score (nSPS) is 16.9. The molecule has 0 fully saturated rings. The summed E-state index contributed by atoms with van der Waals surface area (Å²) in [7, 11) is 1.37. The highest BCUT2D eigenvalue weighted by Crippen LogP contribution is 2.30. The van der Waals surface area contributed by atoms with Crippen LogP contribution in [0.5, 0.6) is 0 Å². The molecule has 0 saturated heterocycles. The Hall–Kier alpha value is -2.63. The van der Waals surface area contributed by atoms with Gasteiger partial charge in [-0.05, 0) is 12.8 Å². The molecule has 0 amide bonds. The second-order valence-corrected chi connectivity index (χ2v) is 5.27. The third-order valence-electron chi connectivity index (χ3n) is 3.97. The summed E-state index contributed by atoms with van der Waals surface area (Å²) in [6.45, 7) is 0.395. The average Bonchev–Trinajstić information content (AvgIpc) is 2.94. The standard InChI is InChI=1S/C16H16N2O4/c1-22-16(21)11-7-8-12-13(15(19)20)17-14(18(12)9-11)10-5-3-2-4-6-10/h2-6,11H,7-9H2,1H3,(H,19,20). The van der Waals surface area contributed by atoms with Gasteiger partial charge >= 0.3 is 11.9 Å². The highest BCUT2D eigenvalue weighted by atomic mass is 16.5. The first-order valence-corrected chi connectivity index (χ1v) is 7.07. The van der Waals surface area contributed by atoms with Crippen molar-refractivity contribution in [3.8, 4) is 11.4 Å². The van der Waals surface area contributed by atoms with E-state index in [2.05, 4.69) is 4.98 Å². The van der Waals surface area contributed by atoms with Crippen molar-refractivity contribution >= 4 is 11.9 Å². The smallest absolute Gasteiger partial charge is 0.356 e. The third-order valence-corrected chi connectivity index (χ3v) is 3.97. The van der Waals surface area contributed by atoms with Crippen molar-refractivity contribution in [1.82, 2.24) is 9.55 Å². The summed E-state index contributed by atoms with van der Waals surface area (Å²) in [5.74, 6) is -0.991. The van der Waals surface area contributed by atoms with Gasteiger partial charge in [0, 0.05) is 12.1 Å². The van der Waals surface area contributed by atoms with E-state index in [0.29, 0.717) is 30.9 Å². The average molecular weight is 300 g/mol. The molecule has 0 radical (unpaired) electrons. The van der Waals surface area contributed by atoms with E-state index in [1.165, 1.54) is 7.11 Å². The van der Waals surface area contributed by atoms with Crippen LogP contribution in [0, 0.1) is 5.92 Å². The van der Waals surface area contributed by atoms with Crippen LogP contribution in [-0.4, -0.2) is 33.7 Å². The number of nitrogens with zero attached hydrogens (tertiary/aromatic N) is 2. The Morgan fingerprint density at radius 2 is 2.05 bits per heavy atom. The van der Waals surface area contributed by atoms with Crippen LogP contribution in [-0.2, 0) is 22.5 Å². The van der Waals surface area contributed by atoms with Gasteiger partial charge in [0.2, 0.25) is 0 Å². The largest absolute Gasteiger partial charge is 0.476 e. The first-order chi connectivity index (χ1) is 10.6. The zero-order valence-electron chi connectivity index (χ0n) is 12.2. The Morgan fingerprint density at radius 3 is 2.68 bits per heavy atom. The molecule has 2 heterocycles. The van der Waals surface area contributed by atoms with Crippen molar-refractivity contribution in [3.05, 3.63) is 41.7 Å². The van der Waals surface area contributed by atoms with E-state index in [1.807, 2.05) is 34.9 Å². The molecule has 0 spiro atoms. The molecule has 2 aromatic rings. The molecule has 1 aliphatic rings. The number of aromatic carboxylic acids is 1. The van der Waals surface area contributed by atoms with Crippen molar-refractivity contribution in [3.63, 3.8) is 0 Å². The molecule has 6 heteroatoms. The summed E-state index contributed by atoms with van der Waals surface area (Å²) in [5.41, 5.74) is 1.58. The van der Waals surface area contributed by atoms with E-state index in [4.69, 9.17) is 4.74 Å². The zero-order chi connectivity index (χ0) is 15.7. The maximum atomic E-state index is 11.8. The van der Waals surface area contributed by atoms with Gasteiger partial charge in [-0.3, -0.25) is 4.79 Å². The molecule has 1 unspecified atom stereocenters. The van der Waals surface area contributed by atoms with Crippen molar-refractivity contribution in [2.75, 3.05) is 7.11 Å². The minimum atomic E-state index is -1.04. The first-order valence-electron chi connectivity index (χ1n) is 7.07. The molecule has 22 heavy (non-hydrogen) atoms. The second-order valence-electron chi connectivity index (χ2n) is 5.27. The van der Waals surface area contributed by atoms with Crippen molar-refractivity contribution < 1.29 is 19.4 Å². The lowest BCUT2D eigenvalue weighted by atomic mass is 9.97. The first kappa shape index (κ1) is 14.3. The SMILES string of the molecule is COC(=O)C1CCc2c(C(=O)O)nc(-c3ccccc3)n2C1. The summed E-state index contributed by atoms with van der Waals surface area (Å²) in [4.78, 5) is 27.5. The number of aromatic nitrogens is 2. The maximum Gasteiger partial charge on any atom is 0.356 e. The Balaban J connectivity index is 2.09. The Kier molecular flexibility index (Phi) is 3.66. The summed E-state index contributed by atoms with van der Waals surface area (Å²) >= 11 is 0. The van der Waals surface area contributed by atoms with Gasteiger partial charge in [-0.15, -0.1) is 0 Å². The topological polar surface area (TPSA) is 81.4 Å². The van der Waals surface area contributed by atoms with Crippen LogP contribution < -0.4 is 0 Å². The molecule has 0 saturated carbocycles. The van der Waals surface area contributed by atoms with Crippen LogP contribution in [0.25, 0.3) is 11.4 Å². The van der Waals surface area contributed by atoms with E-state index in [9.17, 15) is 14.7 Å². The lowest BCUT2D eigenvalue weighted by Gasteiger charge is -2.23. The van der Waals surface area contributed by atoms with Crippen LogP contribution in [0.4, 0.5) is 0 Å². The number of fused-ring (bicyclic) bond motifs is 1. The third kappa shape index (κ3) is 2.36. The summed E-state index contributed by atoms with van der Waals surface area (Å²) in [6, 6.07) is 9.39. The predicted molar refractivity (Wildman–Crippen MR) is 78.4 cm³/mol. The van der Waals surface area contributed by atoms with Gasteiger partial charge in [0.1, 0.15) is 5.82 Å². The van der Waals surface area contributed by atoms with E-state index in [0.717, 1.165) is 5.56 Å². The highest BCUT2D eigenvalue weighted by Gasteiger charge is 2.31. The number of imidazole rings is 1. The van der Waals surface area contributed by atoms with Crippen LogP contribution in [0.15, 0.2) is 30.3 Å². The van der Waals surface area contributed by atoms with Crippen molar-refractivity contribution in [2.24, 2.45) is 5.92 Å². The molecular weight excluding hydrogens is 284 g/mol. The molecule has 1 N–H and O–H groups in total. The number of carboxylic acid groups (broad SMARTS) is 1. The number of methoxy groups -OCH3 is 1. The minimum absolute atomic E-state index is 0.0715. The van der Waals surface area contributed by atoms with Gasteiger partial charge < -0.3 is 14.4 Å². The van der Waals surface area contributed by atoms with Crippen LogP contribution in [0.3, 0.4) is 0 Å². The van der Waals surface area contributed by atoms with Gasteiger partial charge in [0.05, 0.1) is 18.7 Å². The molecule has 1 aromatic heterocycles. The number of rotatable bonds is 3. The van der Waals surface area contributed by atoms with E-state index >= 15 is 0 Å². The van der Waals surface area contributed by atoms with E-state index in [-0.39, 0.29) is 17.6 Å². The molecule has 1 atom stereocenters. The summed E-state index contributed by atoms with van der Waals surface area (Å²) < 4.78 is 6.65. The maximum absolute atomic E-state index is 11.8. The number of carboxylic acids is 1. The molecule has 0 bridgehead atoms. The monoisotopic (exact) mass is 300 g/mol. The van der Waals surface area contributed by atoms with Gasteiger partial charge in [0.25, 0.3) is 0 Å². The summed E-state index contributed by atoms with van der Waals surface area (Å²) in [6.07, 6.45) is 1.08. The molecule has 1 aromatic carbocycles. The van der Waals surface area contributed by atoms with Gasteiger partial charge in [-0.1, -0.05) is 30.3 Å².